The summed E-state index contributed by atoms with van der Waals surface area (Å²) in [5, 5.41) is 9.78. The Hall–Kier alpha value is -2.04. The van der Waals surface area contributed by atoms with Crippen LogP contribution in [0.2, 0.25) is 0 Å². The van der Waals surface area contributed by atoms with E-state index in [1.165, 1.54) is 34.7 Å². The van der Waals surface area contributed by atoms with Crippen molar-refractivity contribution >= 4 is 57.5 Å². The monoisotopic (exact) mass is 558 g/mol. The summed E-state index contributed by atoms with van der Waals surface area (Å²) >= 11 is 5.90. The van der Waals surface area contributed by atoms with Crippen LogP contribution >= 0.6 is 47.0 Å². The number of benzene rings is 3. The standard InChI is InChI=1S/C27H30N2O3S4/c1-28(2)26(31)35-22-9-5-19(6-10-22)17-33-24-13-21(16-30)14-25(15-24)34-18-20-7-11-23(12-8-20)36-27(32)29(3)4/h5-15,30H,16-18H2,1-4H3. The Morgan fingerprint density at radius 1 is 0.611 bits per heavy atom. The number of thioether (sulfide) groups is 4. The second-order valence-electron chi connectivity index (χ2n) is 8.36. The molecule has 1 N–H and O–H groups in total. The number of aliphatic hydroxyl groups is 1. The summed E-state index contributed by atoms with van der Waals surface area (Å²) in [5.74, 6) is 1.60. The van der Waals surface area contributed by atoms with Crippen molar-refractivity contribution in [2.75, 3.05) is 28.2 Å². The lowest BCUT2D eigenvalue weighted by molar-refractivity contribution is 0.240. The third kappa shape index (κ3) is 9.12. The number of hydrogen-bond donors (Lipinski definition) is 1. The van der Waals surface area contributed by atoms with Gasteiger partial charge in [-0.05, 0) is 82.7 Å². The van der Waals surface area contributed by atoms with E-state index in [-0.39, 0.29) is 17.1 Å². The molecule has 0 atom stereocenters. The van der Waals surface area contributed by atoms with Gasteiger partial charge in [-0.2, -0.15) is 0 Å². The van der Waals surface area contributed by atoms with Crippen molar-refractivity contribution in [3.63, 3.8) is 0 Å². The van der Waals surface area contributed by atoms with Crippen molar-refractivity contribution in [2.24, 2.45) is 0 Å². The van der Waals surface area contributed by atoms with Gasteiger partial charge >= 0.3 is 0 Å². The van der Waals surface area contributed by atoms with Gasteiger partial charge in [-0.1, -0.05) is 24.3 Å². The topological polar surface area (TPSA) is 60.9 Å². The van der Waals surface area contributed by atoms with Gasteiger partial charge < -0.3 is 14.9 Å². The molecule has 0 radical (unpaired) electrons. The lowest BCUT2D eigenvalue weighted by Gasteiger charge is -2.11. The number of aliphatic hydroxyl groups excluding tert-OH is 1. The second-order valence-corrected chi connectivity index (χ2v) is 12.5. The van der Waals surface area contributed by atoms with Gasteiger partial charge in [0.05, 0.1) is 6.61 Å². The van der Waals surface area contributed by atoms with Crippen molar-refractivity contribution in [1.82, 2.24) is 9.80 Å². The highest BCUT2D eigenvalue weighted by Gasteiger charge is 2.09. The zero-order chi connectivity index (χ0) is 26.1. The SMILES string of the molecule is CN(C)C(=O)Sc1ccc(CSc2cc(CO)cc(SCc3ccc(SC(=O)N(C)C)cc3)c2)cc1. The normalized spacial score (nSPS) is 10.8. The molecule has 36 heavy (non-hydrogen) atoms. The van der Waals surface area contributed by atoms with Crippen LogP contribution in [-0.4, -0.2) is 53.6 Å². The summed E-state index contributed by atoms with van der Waals surface area (Å²) < 4.78 is 0. The summed E-state index contributed by atoms with van der Waals surface area (Å²) in [7, 11) is 7.00. The number of nitrogens with zero attached hydrogens (tertiary/aromatic N) is 2. The summed E-state index contributed by atoms with van der Waals surface area (Å²) in [6, 6.07) is 22.4. The molecule has 0 saturated heterocycles. The number of rotatable bonds is 9. The van der Waals surface area contributed by atoms with Gasteiger partial charge in [0.15, 0.2) is 0 Å². The van der Waals surface area contributed by atoms with Gasteiger partial charge in [0, 0.05) is 59.3 Å². The Balaban J connectivity index is 1.58. The van der Waals surface area contributed by atoms with Crippen LogP contribution in [0.4, 0.5) is 9.59 Å². The number of carbonyl (C=O) groups excluding carboxylic acids is 2. The quantitative estimate of drug-likeness (QED) is 0.276. The van der Waals surface area contributed by atoms with Crippen LogP contribution in [0.15, 0.2) is 86.3 Å². The summed E-state index contributed by atoms with van der Waals surface area (Å²) in [6.45, 7) is -0.000390. The molecule has 0 aliphatic carbocycles. The lowest BCUT2D eigenvalue weighted by Crippen LogP contribution is -2.15. The maximum atomic E-state index is 11.9. The third-order valence-electron chi connectivity index (χ3n) is 4.92. The summed E-state index contributed by atoms with van der Waals surface area (Å²) in [4.78, 5) is 31.0. The van der Waals surface area contributed by atoms with E-state index < -0.39 is 0 Å². The van der Waals surface area contributed by atoms with E-state index in [0.717, 1.165) is 36.7 Å². The molecular formula is C27H30N2O3S4. The average Bonchev–Trinajstić information content (AvgIpc) is 2.87. The molecule has 0 aromatic heterocycles. The highest BCUT2D eigenvalue weighted by atomic mass is 32.2. The minimum atomic E-state index is -0.000390. The van der Waals surface area contributed by atoms with Crippen LogP contribution in [0.1, 0.15) is 16.7 Å². The third-order valence-corrected chi connectivity index (χ3v) is 9.11. The summed E-state index contributed by atoms with van der Waals surface area (Å²) in [6.07, 6.45) is 0. The zero-order valence-electron chi connectivity index (χ0n) is 20.8. The number of amides is 2. The van der Waals surface area contributed by atoms with Crippen LogP contribution in [0.3, 0.4) is 0 Å². The van der Waals surface area contributed by atoms with Crippen LogP contribution in [0.5, 0.6) is 0 Å². The first-order valence-electron chi connectivity index (χ1n) is 11.2. The van der Waals surface area contributed by atoms with Gasteiger partial charge in [0.1, 0.15) is 0 Å². The van der Waals surface area contributed by atoms with E-state index in [9.17, 15) is 14.7 Å². The van der Waals surface area contributed by atoms with E-state index in [1.807, 2.05) is 36.4 Å². The van der Waals surface area contributed by atoms with Gasteiger partial charge in [0.2, 0.25) is 0 Å². The molecule has 0 spiro atoms. The van der Waals surface area contributed by atoms with Crippen molar-refractivity contribution in [3.8, 4) is 0 Å². The van der Waals surface area contributed by atoms with Crippen LogP contribution in [0.25, 0.3) is 0 Å². The van der Waals surface area contributed by atoms with Crippen LogP contribution in [-0.2, 0) is 18.1 Å². The molecule has 5 nitrogen and oxygen atoms in total. The van der Waals surface area contributed by atoms with E-state index in [0.29, 0.717) is 0 Å². The Bertz CT molecular complexity index is 1080. The minimum absolute atomic E-state index is 0.000390. The second kappa shape index (κ2) is 14.0. The van der Waals surface area contributed by atoms with Gasteiger partial charge in [-0.3, -0.25) is 9.59 Å². The molecule has 0 saturated carbocycles. The van der Waals surface area contributed by atoms with Crippen molar-refractivity contribution in [3.05, 3.63) is 83.4 Å². The molecule has 0 fully saturated rings. The van der Waals surface area contributed by atoms with E-state index in [2.05, 4.69) is 30.3 Å². The van der Waals surface area contributed by atoms with Crippen molar-refractivity contribution in [2.45, 2.75) is 37.7 Å². The predicted octanol–water partition coefficient (Wildman–Crippen LogP) is 7.31. The minimum Gasteiger partial charge on any atom is -0.392 e. The maximum Gasteiger partial charge on any atom is 0.285 e. The first-order chi connectivity index (χ1) is 17.2. The molecular weight excluding hydrogens is 529 g/mol. The number of hydrogen-bond acceptors (Lipinski definition) is 7. The Morgan fingerprint density at radius 3 is 1.33 bits per heavy atom. The molecule has 0 unspecified atom stereocenters. The Kier molecular flexibility index (Phi) is 11.1. The molecule has 0 aliphatic heterocycles. The summed E-state index contributed by atoms with van der Waals surface area (Å²) in [5.41, 5.74) is 3.25. The first kappa shape index (κ1) is 28.5. The molecule has 9 heteroatoms. The molecule has 0 aliphatic rings. The van der Waals surface area contributed by atoms with Crippen molar-refractivity contribution < 1.29 is 14.7 Å². The van der Waals surface area contributed by atoms with Gasteiger partial charge in [-0.15, -0.1) is 23.5 Å². The van der Waals surface area contributed by atoms with Crippen LogP contribution in [0, 0.1) is 0 Å². The van der Waals surface area contributed by atoms with Crippen molar-refractivity contribution in [1.29, 1.82) is 0 Å². The fourth-order valence-electron chi connectivity index (χ4n) is 2.91. The van der Waals surface area contributed by atoms with Gasteiger partial charge in [-0.25, -0.2) is 0 Å². The molecule has 190 valence electrons. The fourth-order valence-corrected chi connectivity index (χ4v) is 6.24. The van der Waals surface area contributed by atoms with Gasteiger partial charge in [0.25, 0.3) is 10.5 Å². The lowest BCUT2D eigenvalue weighted by atomic mass is 10.2. The van der Waals surface area contributed by atoms with E-state index >= 15 is 0 Å². The molecule has 0 bridgehead atoms. The first-order valence-corrected chi connectivity index (χ1v) is 14.8. The fraction of sp³-hybridized carbons (Fsp3) is 0.259. The smallest absolute Gasteiger partial charge is 0.285 e. The largest absolute Gasteiger partial charge is 0.392 e. The highest BCUT2D eigenvalue weighted by Crippen LogP contribution is 2.32. The van der Waals surface area contributed by atoms with Crippen LogP contribution < -0.4 is 0 Å². The molecule has 3 aromatic rings. The van der Waals surface area contributed by atoms with E-state index in [1.54, 1.807) is 61.5 Å². The molecule has 2 amide bonds. The Labute approximate surface area is 230 Å². The molecule has 3 rings (SSSR count). The molecule has 0 heterocycles. The van der Waals surface area contributed by atoms with E-state index in [4.69, 9.17) is 0 Å². The highest BCUT2D eigenvalue weighted by molar-refractivity contribution is 8.13. The number of carbonyl (C=O) groups is 2. The Morgan fingerprint density at radius 2 is 1.00 bits per heavy atom. The zero-order valence-corrected chi connectivity index (χ0v) is 24.0. The maximum absolute atomic E-state index is 11.9. The predicted molar refractivity (Wildman–Crippen MR) is 154 cm³/mol. The molecule has 3 aromatic carbocycles. The average molecular weight is 559 g/mol.